The van der Waals surface area contributed by atoms with E-state index in [-0.39, 0.29) is 17.9 Å². The largest absolute Gasteiger partial charge is 0.456 e. The molecule has 1 saturated heterocycles. The number of furan rings is 1. The number of nitrogens with one attached hydrogen (secondary N) is 2. The number of likely N-dealkylation sites (tertiary alicyclic amines) is 1. The number of benzene rings is 1. The van der Waals surface area contributed by atoms with Gasteiger partial charge in [-0.15, -0.1) is 0 Å². The van der Waals surface area contributed by atoms with Gasteiger partial charge in [0.25, 0.3) is 5.91 Å². The minimum Gasteiger partial charge on any atom is -0.456 e. The molecule has 1 aliphatic rings. The van der Waals surface area contributed by atoms with E-state index in [2.05, 4.69) is 15.5 Å². The number of amides is 2. The summed E-state index contributed by atoms with van der Waals surface area (Å²) in [6.45, 7) is 4.31. The van der Waals surface area contributed by atoms with E-state index in [1.54, 1.807) is 12.1 Å². The zero-order valence-corrected chi connectivity index (χ0v) is 15.0. The molecule has 2 N–H and O–H groups in total. The van der Waals surface area contributed by atoms with Crippen LogP contribution in [0, 0.1) is 6.92 Å². The van der Waals surface area contributed by atoms with E-state index in [1.807, 2.05) is 37.3 Å². The fraction of sp³-hybridized carbons (Fsp3) is 0.400. The predicted molar refractivity (Wildman–Crippen MR) is 100 cm³/mol. The zero-order valence-electron chi connectivity index (χ0n) is 15.0. The molecule has 1 aliphatic heterocycles. The highest BCUT2D eigenvalue weighted by Gasteiger charge is 2.22. The number of anilines is 1. The van der Waals surface area contributed by atoms with Gasteiger partial charge in [0.2, 0.25) is 5.91 Å². The minimum absolute atomic E-state index is 0.0276. The highest BCUT2D eigenvalue weighted by Crippen LogP contribution is 2.13. The lowest BCUT2D eigenvalue weighted by molar-refractivity contribution is -0.116. The molecular formula is C20H25N3O3. The molecule has 3 rings (SSSR count). The second kappa shape index (κ2) is 8.67. The van der Waals surface area contributed by atoms with Crippen LogP contribution in [0.15, 0.2) is 46.9 Å². The third-order valence-corrected chi connectivity index (χ3v) is 4.60. The molecule has 0 radical (unpaired) electrons. The van der Waals surface area contributed by atoms with Crippen molar-refractivity contribution >= 4 is 17.5 Å². The molecule has 0 bridgehead atoms. The quantitative estimate of drug-likeness (QED) is 0.836. The molecule has 1 aromatic heterocycles. The molecule has 6 heteroatoms. The number of nitrogens with zero attached hydrogens (tertiary/aromatic N) is 1. The van der Waals surface area contributed by atoms with E-state index >= 15 is 0 Å². The van der Waals surface area contributed by atoms with Crippen molar-refractivity contribution in [2.24, 2.45) is 0 Å². The molecule has 2 amide bonds. The van der Waals surface area contributed by atoms with Crippen LogP contribution in [0.5, 0.6) is 0 Å². The van der Waals surface area contributed by atoms with Crippen molar-refractivity contribution in [1.82, 2.24) is 10.2 Å². The molecule has 0 saturated carbocycles. The van der Waals surface area contributed by atoms with Gasteiger partial charge in [0, 0.05) is 37.8 Å². The van der Waals surface area contributed by atoms with E-state index in [0.29, 0.717) is 12.2 Å². The first-order chi connectivity index (χ1) is 12.6. The number of rotatable bonds is 6. The highest BCUT2D eigenvalue weighted by molar-refractivity contribution is 5.91. The van der Waals surface area contributed by atoms with Crippen LogP contribution in [-0.2, 0) is 4.79 Å². The number of hydrogen-bond donors (Lipinski definition) is 2. The van der Waals surface area contributed by atoms with Gasteiger partial charge in [0.1, 0.15) is 5.76 Å². The van der Waals surface area contributed by atoms with Gasteiger partial charge in [-0.1, -0.05) is 18.2 Å². The van der Waals surface area contributed by atoms with Crippen LogP contribution in [-0.4, -0.2) is 42.4 Å². The highest BCUT2D eigenvalue weighted by atomic mass is 16.3. The van der Waals surface area contributed by atoms with Crippen molar-refractivity contribution in [2.75, 3.05) is 25.0 Å². The summed E-state index contributed by atoms with van der Waals surface area (Å²) in [5, 5.41) is 5.93. The lowest BCUT2D eigenvalue weighted by Gasteiger charge is -2.32. The molecule has 138 valence electrons. The summed E-state index contributed by atoms with van der Waals surface area (Å²) in [4.78, 5) is 26.4. The van der Waals surface area contributed by atoms with Gasteiger partial charge in [-0.2, -0.15) is 0 Å². The number of aryl methyl sites for hydroxylation is 1. The molecule has 0 aliphatic carbocycles. The van der Waals surface area contributed by atoms with Crippen LogP contribution < -0.4 is 10.6 Å². The number of piperidine rings is 1. The van der Waals surface area contributed by atoms with E-state index in [1.165, 1.54) is 0 Å². The average molecular weight is 355 g/mol. The Morgan fingerprint density at radius 1 is 1.12 bits per heavy atom. The first-order valence-electron chi connectivity index (χ1n) is 9.05. The molecule has 26 heavy (non-hydrogen) atoms. The SMILES string of the molecule is Cc1ccc(C(=O)NC2CCN(CCC(=O)Nc3ccccc3)CC2)o1. The molecule has 6 nitrogen and oxygen atoms in total. The average Bonchev–Trinajstić information content (AvgIpc) is 3.09. The first kappa shape index (κ1) is 18.2. The van der Waals surface area contributed by atoms with Gasteiger partial charge in [-0.05, 0) is 44.0 Å². The maximum atomic E-state index is 12.1. The minimum atomic E-state index is -0.154. The van der Waals surface area contributed by atoms with Crippen molar-refractivity contribution in [3.63, 3.8) is 0 Å². The summed E-state index contributed by atoms with van der Waals surface area (Å²) in [5.41, 5.74) is 0.826. The molecule has 0 unspecified atom stereocenters. The van der Waals surface area contributed by atoms with Gasteiger partial charge >= 0.3 is 0 Å². The van der Waals surface area contributed by atoms with Gasteiger partial charge in [0.05, 0.1) is 0 Å². The fourth-order valence-corrected chi connectivity index (χ4v) is 3.12. The normalized spacial score (nSPS) is 15.6. The van der Waals surface area contributed by atoms with Crippen LogP contribution in [0.1, 0.15) is 35.6 Å². The maximum absolute atomic E-state index is 12.1. The summed E-state index contributed by atoms with van der Waals surface area (Å²) in [7, 11) is 0. The smallest absolute Gasteiger partial charge is 0.287 e. The van der Waals surface area contributed by atoms with E-state index in [9.17, 15) is 9.59 Å². The monoisotopic (exact) mass is 355 g/mol. The maximum Gasteiger partial charge on any atom is 0.287 e. The van der Waals surface area contributed by atoms with Gasteiger partial charge in [-0.3, -0.25) is 9.59 Å². The van der Waals surface area contributed by atoms with Crippen LogP contribution in [0.3, 0.4) is 0 Å². The van der Waals surface area contributed by atoms with E-state index < -0.39 is 0 Å². The molecule has 2 aromatic rings. The van der Waals surface area contributed by atoms with Crippen molar-refractivity contribution in [2.45, 2.75) is 32.2 Å². The predicted octanol–water partition coefficient (Wildman–Crippen LogP) is 2.81. The molecular weight excluding hydrogens is 330 g/mol. The summed E-state index contributed by atoms with van der Waals surface area (Å²) < 4.78 is 5.35. The number of hydrogen-bond acceptors (Lipinski definition) is 4. The second-order valence-corrected chi connectivity index (χ2v) is 6.66. The van der Waals surface area contributed by atoms with Crippen molar-refractivity contribution in [1.29, 1.82) is 0 Å². The second-order valence-electron chi connectivity index (χ2n) is 6.66. The lowest BCUT2D eigenvalue weighted by atomic mass is 10.0. The Bertz CT molecular complexity index is 734. The topological polar surface area (TPSA) is 74.6 Å². The Hall–Kier alpha value is -2.60. The van der Waals surface area contributed by atoms with E-state index in [4.69, 9.17) is 4.42 Å². The van der Waals surface area contributed by atoms with Crippen molar-refractivity contribution in [3.8, 4) is 0 Å². The Labute approximate surface area is 153 Å². The van der Waals surface area contributed by atoms with Crippen LogP contribution in [0.2, 0.25) is 0 Å². The number of carbonyl (C=O) groups is 2. The summed E-state index contributed by atoms with van der Waals surface area (Å²) in [6, 6.07) is 13.1. The Morgan fingerprint density at radius 2 is 1.85 bits per heavy atom. The van der Waals surface area contributed by atoms with Crippen LogP contribution in [0.4, 0.5) is 5.69 Å². The van der Waals surface area contributed by atoms with Crippen molar-refractivity contribution < 1.29 is 14.0 Å². The fourth-order valence-electron chi connectivity index (χ4n) is 3.12. The van der Waals surface area contributed by atoms with Crippen LogP contribution >= 0.6 is 0 Å². The van der Waals surface area contributed by atoms with Crippen molar-refractivity contribution in [3.05, 3.63) is 54.0 Å². The molecule has 2 heterocycles. The molecule has 0 atom stereocenters. The summed E-state index contributed by atoms with van der Waals surface area (Å²) in [6.07, 6.45) is 2.23. The molecule has 1 aromatic carbocycles. The van der Waals surface area contributed by atoms with E-state index in [0.717, 1.165) is 43.9 Å². The third-order valence-electron chi connectivity index (χ3n) is 4.60. The lowest BCUT2D eigenvalue weighted by Crippen LogP contribution is -2.45. The summed E-state index contributed by atoms with van der Waals surface area (Å²) >= 11 is 0. The Morgan fingerprint density at radius 3 is 2.50 bits per heavy atom. The van der Waals surface area contributed by atoms with Crippen LogP contribution in [0.25, 0.3) is 0 Å². The third kappa shape index (κ3) is 5.20. The Balaban J connectivity index is 1.36. The zero-order chi connectivity index (χ0) is 18.4. The molecule has 0 spiro atoms. The Kier molecular flexibility index (Phi) is 6.07. The summed E-state index contributed by atoms with van der Waals surface area (Å²) in [5.74, 6) is 0.972. The molecule has 1 fully saturated rings. The van der Waals surface area contributed by atoms with Gasteiger partial charge < -0.3 is 20.0 Å². The van der Waals surface area contributed by atoms with Gasteiger partial charge in [0.15, 0.2) is 5.76 Å². The number of para-hydroxylation sites is 1. The van der Waals surface area contributed by atoms with Gasteiger partial charge in [-0.25, -0.2) is 0 Å². The number of carbonyl (C=O) groups excluding carboxylic acids is 2. The first-order valence-corrected chi connectivity index (χ1v) is 9.05. The standard InChI is InChI=1S/C20H25N3O3/c1-15-7-8-18(26-15)20(25)22-17-9-12-23(13-10-17)14-11-19(24)21-16-5-3-2-4-6-16/h2-8,17H,9-14H2,1H3,(H,21,24)(H,22,25).